The van der Waals surface area contributed by atoms with Crippen LogP contribution in [0, 0.1) is 0 Å². The van der Waals surface area contributed by atoms with Gasteiger partial charge in [0.15, 0.2) is 12.6 Å². The lowest BCUT2D eigenvalue weighted by molar-refractivity contribution is -0.359. The molecule has 0 bridgehead atoms. The Morgan fingerprint density at radius 3 is 1.23 bits per heavy atom. The lowest BCUT2D eigenvalue weighted by atomic mass is 9.97. The standard InChI is InChI=1S/C72H127NO13/c1-3-5-7-9-11-13-15-17-19-21-23-25-27-28-29-30-31-32-34-36-38-40-42-44-46-48-50-52-54-56-64(77)73-60(59-83-71-69(82)67(80)70(63(58-75)85-71)86-72-68(81)66(79)65(78)62(57-74)84-72)61(76)55-53-51-49-47-45-43-41-39-37-35-33-26-24-22-20-18-16-14-12-10-8-6-4-2/h5,7,11,13,17,19,23,25,28-29,31-32,53,55,60-63,65-72,74-76,78-82H,3-4,6,8-10,12,14-16,18,20-22,24,26-27,30,33-52,54,56-59H2,1-2H3,(H,73,77)/b7-5-,13-11-,19-17-,25-23-,29-28-,32-31-,55-53+. The zero-order chi connectivity index (χ0) is 62.3. The van der Waals surface area contributed by atoms with E-state index in [1.165, 1.54) is 161 Å². The normalized spacial score (nSPS) is 23.9. The second kappa shape index (κ2) is 56.2. The van der Waals surface area contributed by atoms with Crippen LogP contribution in [0.3, 0.4) is 0 Å². The number of aliphatic hydroxyl groups is 8. The first-order valence-electron chi connectivity index (χ1n) is 34.8. The van der Waals surface area contributed by atoms with E-state index in [1.807, 2.05) is 6.08 Å². The fraction of sp³-hybridized carbons (Fsp3) is 0.792. The number of ether oxygens (including phenoxy) is 4. The summed E-state index contributed by atoms with van der Waals surface area (Å²) >= 11 is 0. The van der Waals surface area contributed by atoms with E-state index in [0.29, 0.717) is 6.42 Å². The molecule has 12 unspecified atom stereocenters. The first-order chi connectivity index (χ1) is 42.1. The Hall–Kier alpha value is -2.83. The van der Waals surface area contributed by atoms with Crippen LogP contribution in [0.1, 0.15) is 271 Å². The van der Waals surface area contributed by atoms with Gasteiger partial charge in [-0.1, -0.05) is 279 Å². The third-order valence-electron chi connectivity index (χ3n) is 16.6. The summed E-state index contributed by atoms with van der Waals surface area (Å²) in [5, 5.41) is 87.4. The zero-order valence-corrected chi connectivity index (χ0v) is 54.0. The highest BCUT2D eigenvalue weighted by Crippen LogP contribution is 2.30. The third kappa shape index (κ3) is 40.0. The summed E-state index contributed by atoms with van der Waals surface area (Å²) in [5.41, 5.74) is 0. The molecule has 2 rings (SSSR count). The van der Waals surface area contributed by atoms with Crippen molar-refractivity contribution in [1.82, 2.24) is 5.32 Å². The van der Waals surface area contributed by atoms with Gasteiger partial charge in [0.2, 0.25) is 5.91 Å². The van der Waals surface area contributed by atoms with Gasteiger partial charge < -0.3 is 65.1 Å². The van der Waals surface area contributed by atoms with Crippen LogP contribution in [0.15, 0.2) is 85.1 Å². The van der Waals surface area contributed by atoms with Crippen LogP contribution < -0.4 is 5.32 Å². The van der Waals surface area contributed by atoms with Gasteiger partial charge >= 0.3 is 0 Å². The quantitative estimate of drug-likeness (QED) is 0.0204. The molecule has 86 heavy (non-hydrogen) atoms. The Bertz CT molecular complexity index is 1770. The topological polar surface area (TPSA) is 228 Å². The SMILES string of the molecule is CC/C=C\C/C=C\C/C=C\C/C=C\C/C=C\C/C=C\CCCCCCCCCCCCC(=O)NC(COC1OC(CO)C(OC2OC(CO)C(O)C(O)C2O)C(O)C1O)C(O)/C=C/CCCCCCCCCCCCCCCCCCCCCCC. The molecule has 2 aliphatic heterocycles. The number of carbonyl (C=O) groups excluding carboxylic acids is 1. The smallest absolute Gasteiger partial charge is 0.220 e. The number of allylic oxidation sites excluding steroid dienone is 13. The molecule has 0 spiro atoms. The van der Waals surface area contributed by atoms with Gasteiger partial charge in [-0.2, -0.15) is 0 Å². The van der Waals surface area contributed by atoms with Crippen LogP contribution >= 0.6 is 0 Å². The number of hydrogen-bond donors (Lipinski definition) is 9. The maximum absolute atomic E-state index is 13.3. The maximum Gasteiger partial charge on any atom is 0.220 e. The molecule has 9 N–H and O–H groups in total. The molecule has 2 aliphatic rings. The Kier molecular flexibility index (Phi) is 51.8. The molecule has 12 atom stereocenters. The largest absolute Gasteiger partial charge is 0.394 e. The van der Waals surface area contributed by atoms with Crippen LogP contribution in [0.5, 0.6) is 0 Å². The molecule has 14 nitrogen and oxygen atoms in total. The first kappa shape index (κ1) is 79.3. The molecule has 0 saturated carbocycles. The van der Waals surface area contributed by atoms with Crippen LogP contribution in [0.4, 0.5) is 0 Å². The molecule has 2 fully saturated rings. The van der Waals surface area contributed by atoms with Gasteiger partial charge in [0.25, 0.3) is 0 Å². The zero-order valence-electron chi connectivity index (χ0n) is 54.0. The van der Waals surface area contributed by atoms with E-state index in [0.717, 1.165) is 83.5 Å². The number of rotatable bonds is 56. The molecular formula is C72H127NO13. The lowest BCUT2D eigenvalue weighted by Crippen LogP contribution is -2.65. The molecule has 0 aromatic heterocycles. The minimum Gasteiger partial charge on any atom is -0.394 e. The van der Waals surface area contributed by atoms with E-state index in [2.05, 4.69) is 92.1 Å². The van der Waals surface area contributed by atoms with E-state index in [-0.39, 0.29) is 18.9 Å². The van der Waals surface area contributed by atoms with Crippen molar-refractivity contribution in [2.45, 2.75) is 344 Å². The number of nitrogens with one attached hydrogen (secondary N) is 1. The predicted octanol–water partition coefficient (Wildman–Crippen LogP) is 14.0. The lowest BCUT2D eigenvalue weighted by Gasteiger charge is -2.46. The summed E-state index contributed by atoms with van der Waals surface area (Å²) in [5.74, 6) is -0.245. The van der Waals surface area contributed by atoms with E-state index < -0.39 is 86.8 Å². The van der Waals surface area contributed by atoms with Gasteiger partial charge in [0, 0.05) is 6.42 Å². The van der Waals surface area contributed by atoms with Crippen molar-refractivity contribution in [3.8, 4) is 0 Å². The third-order valence-corrected chi connectivity index (χ3v) is 16.6. The van der Waals surface area contributed by atoms with Crippen LogP contribution in [0.25, 0.3) is 0 Å². The van der Waals surface area contributed by atoms with Gasteiger partial charge in [-0.25, -0.2) is 0 Å². The Morgan fingerprint density at radius 2 is 0.802 bits per heavy atom. The van der Waals surface area contributed by atoms with E-state index in [9.17, 15) is 45.6 Å². The Morgan fingerprint density at radius 1 is 0.430 bits per heavy atom. The number of amides is 1. The van der Waals surface area contributed by atoms with Crippen molar-refractivity contribution in [2.24, 2.45) is 0 Å². The van der Waals surface area contributed by atoms with Crippen LogP contribution in [-0.2, 0) is 23.7 Å². The van der Waals surface area contributed by atoms with Gasteiger partial charge in [-0.05, 0) is 70.6 Å². The summed E-state index contributed by atoms with van der Waals surface area (Å²) in [4.78, 5) is 13.3. The summed E-state index contributed by atoms with van der Waals surface area (Å²) in [6.45, 7) is 2.71. The molecule has 2 saturated heterocycles. The van der Waals surface area contributed by atoms with Crippen molar-refractivity contribution in [1.29, 1.82) is 0 Å². The van der Waals surface area contributed by atoms with Gasteiger partial charge in [-0.15, -0.1) is 0 Å². The highest BCUT2D eigenvalue weighted by molar-refractivity contribution is 5.76. The Balaban J connectivity index is 1.70. The van der Waals surface area contributed by atoms with Crippen molar-refractivity contribution in [3.05, 3.63) is 85.1 Å². The monoisotopic (exact) mass is 1210 g/mol. The predicted molar refractivity (Wildman–Crippen MR) is 350 cm³/mol. The van der Waals surface area contributed by atoms with E-state index in [1.54, 1.807) is 6.08 Å². The minimum absolute atomic E-state index is 0.245. The summed E-state index contributed by atoms with van der Waals surface area (Å²) in [7, 11) is 0. The molecule has 0 aromatic carbocycles. The van der Waals surface area contributed by atoms with Gasteiger partial charge in [0.1, 0.15) is 48.8 Å². The average molecular weight is 1210 g/mol. The summed E-state index contributed by atoms with van der Waals surface area (Å²) in [6, 6.07) is -0.923. The first-order valence-corrected chi connectivity index (χ1v) is 34.8. The molecule has 0 aromatic rings. The second-order valence-corrected chi connectivity index (χ2v) is 24.3. The van der Waals surface area contributed by atoms with Gasteiger partial charge in [0.05, 0.1) is 32.0 Å². The molecule has 0 radical (unpaired) electrons. The fourth-order valence-electron chi connectivity index (χ4n) is 11.1. The van der Waals surface area contributed by atoms with Crippen molar-refractivity contribution >= 4 is 5.91 Å². The molecule has 2 heterocycles. The minimum atomic E-state index is -1.79. The van der Waals surface area contributed by atoms with Gasteiger partial charge in [-0.3, -0.25) is 4.79 Å². The molecule has 0 aliphatic carbocycles. The van der Waals surface area contributed by atoms with Crippen LogP contribution in [-0.4, -0.2) is 140 Å². The average Bonchev–Trinajstić information content (AvgIpc) is 2.53. The molecule has 1 amide bonds. The van der Waals surface area contributed by atoms with E-state index in [4.69, 9.17) is 18.9 Å². The molecular weight excluding hydrogens is 1090 g/mol. The number of carbonyl (C=O) groups is 1. The highest BCUT2D eigenvalue weighted by Gasteiger charge is 2.51. The number of aliphatic hydroxyl groups excluding tert-OH is 8. The van der Waals surface area contributed by atoms with Crippen LogP contribution in [0.2, 0.25) is 0 Å². The van der Waals surface area contributed by atoms with E-state index >= 15 is 0 Å². The van der Waals surface area contributed by atoms with Crippen molar-refractivity contribution < 1.29 is 64.6 Å². The fourth-order valence-corrected chi connectivity index (χ4v) is 11.1. The van der Waals surface area contributed by atoms with Crippen molar-refractivity contribution in [2.75, 3.05) is 19.8 Å². The molecule has 14 heteroatoms. The summed E-state index contributed by atoms with van der Waals surface area (Å²) in [6.07, 6.45) is 60.5. The Labute approximate surface area is 522 Å². The second-order valence-electron chi connectivity index (χ2n) is 24.3. The maximum atomic E-state index is 13.3. The number of unbranched alkanes of at least 4 members (excludes halogenated alkanes) is 31. The van der Waals surface area contributed by atoms with Crippen molar-refractivity contribution in [3.63, 3.8) is 0 Å². The highest BCUT2D eigenvalue weighted by atomic mass is 16.7. The summed E-state index contributed by atoms with van der Waals surface area (Å²) < 4.78 is 22.9. The molecule has 498 valence electrons. The number of hydrogen-bond acceptors (Lipinski definition) is 13.